The fourth-order valence-electron chi connectivity index (χ4n) is 2.97. The summed E-state index contributed by atoms with van der Waals surface area (Å²) in [6, 6.07) is 0. The monoisotopic (exact) mass is 280 g/mol. The number of nitrogens with two attached hydrogens (primary N) is 1. The molecule has 2 aliphatic rings. The van der Waals surface area contributed by atoms with Crippen LogP contribution in [0.5, 0.6) is 0 Å². The van der Waals surface area contributed by atoms with Crippen molar-refractivity contribution in [2.75, 3.05) is 18.0 Å². The summed E-state index contributed by atoms with van der Waals surface area (Å²) >= 11 is 1.59. The van der Waals surface area contributed by atoms with Crippen molar-refractivity contribution in [1.29, 1.82) is 0 Å². The molecule has 19 heavy (non-hydrogen) atoms. The van der Waals surface area contributed by atoms with Gasteiger partial charge >= 0.3 is 0 Å². The van der Waals surface area contributed by atoms with Crippen LogP contribution in [0.1, 0.15) is 49.5 Å². The molecule has 1 unspecified atom stereocenters. The van der Waals surface area contributed by atoms with Gasteiger partial charge in [-0.2, -0.15) is 0 Å². The van der Waals surface area contributed by atoms with Gasteiger partial charge in [-0.3, -0.25) is 9.69 Å². The molecule has 1 aliphatic carbocycles. The molecular weight excluding hydrogens is 260 g/mol. The second kappa shape index (κ2) is 5.54. The van der Waals surface area contributed by atoms with Gasteiger partial charge in [0.05, 0.1) is 0 Å². The maximum Gasteiger partial charge on any atom is 0.229 e. The zero-order valence-electron chi connectivity index (χ0n) is 11.0. The standard InChI is InChI=1S/C13H20N4OS/c14-7-9-6-11(18)17(8-9)13-16-15-12(19-13)10-4-2-1-3-5-10/h9-10H,1-8,14H2. The molecule has 3 rings (SSSR count). The molecular formula is C13H20N4OS. The minimum Gasteiger partial charge on any atom is -0.330 e. The van der Waals surface area contributed by atoms with E-state index in [0.29, 0.717) is 25.4 Å². The maximum absolute atomic E-state index is 11.9. The van der Waals surface area contributed by atoms with Gasteiger partial charge in [0.2, 0.25) is 11.0 Å². The van der Waals surface area contributed by atoms with Crippen molar-refractivity contribution < 1.29 is 4.79 Å². The summed E-state index contributed by atoms with van der Waals surface area (Å²) in [7, 11) is 0. The van der Waals surface area contributed by atoms with E-state index in [1.165, 1.54) is 32.1 Å². The molecule has 6 heteroatoms. The van der Waals surface area contributed by atoms with E-state index in [4.69, 9.17) is 5.73 Å². The minimum absolute atomic E-state index is 0.141. The fraction of sp³-hybridized carbons (Fsp3) is 0.769. The van der Waals surface area contributed by atoms with Gasteiger partial charge in [0.25, 0.3) is 0 Å². The highest BCUT2D eigenvalue weighted by atomic mass is 32.1. The highest BCUT2D eigenvalue weighted by Gasteiger charge is 2.32. The van der Waals surface area contributed by atoms with Crippen molar-refractivity contribution in [3.8, 4) is 0 Å². The van der Waals surface area contributed by atoms with Crippen molar-refractivity contribution in [2.24, 2.45) is 11.7 Å². The molecule has 1 saturated heterocycles. The molecule has 1 aliphatic heterocycles. The summed E-state index contributed by atoms with van der Waals surface area (Å²) in [5.74, 6) is 0.972. The number of anilines is 1. The molecule has 1 amide bonds. The molecule has 5 nitrogen and oxygen atoms in total. The number of aromatic nitrogens is 2. The summed E-state index contributed by atoms with van der Waals surface area (Å²) in [6.07, 6.45) is 6.90. The summed E-state index contributed by atoms with van der Waals surface area (Å²) in [5.41, 5.74) is 5.65. The minimum atomic E-state index is 0.141. The van der Waals surface area contributed by atoms with E-state index in [1.54, 1.807) is 16.2 Å². The Hall–Kier alpha value is -1.01. The van der Waals surface area contributed by atoms with E-state index in [0.717, 1.165) is 10.1 Å². The van der Waals surface area contributed by atoms with Crippen LogP contribution < -0.4 is 10.6 Å². The summed E-state index contributed by atoms with van der Waals surface area (Å²) in [4.78, 5) is 13.7. The number of carbonyl (C=O) groups excluding carboxylic acids is 1. The van der Waals surface area contributed by atoms with E-state index >= 15 is 0 Å². The third-order valence-corrected chi connectivity index (χ3v) is 5.26. The molecule has 0 radical (unpaired) electrons. The van der Waals surface area contributed by atoms with Crippen LogP contribution in [-0.4, -0.2) is 29.2 Å². The molecule has 0 aromatic carbocycles. The van der Waals surface area contributed by atoms with Gasteiger partial charge in [-0.15, -0.1) is 10.2 Å². The van der Waals surface area contributed by atoms with Crippen LogP contribution in [0.3, 0.4) is 0 Å². The molecule has 2 heterocycles. The highest BCUT2D eigenvalue weighted by Crippen LogP contribution is 2.37. The van der Waals surface area contributed by atoms with Gasteiger partial charge in [-0.1, -0.05) is 30.6 Å². The maximum atomic E-state index is 11.9. The summed E-state index contributed by atoms with van der Waals surface area (Å²) in [5, 5.41) is 10.4. The average molecular weight is 280 g/mol. The lowest BCUT2D eigenvalue weighted by Crippen LogP contribution is -2.25. The van der Waals surface area contributed by atoms with Crippen molar-refractivity contribution in [2.45, 2.75) is 44.4 Å². The Balaban J connectivity index is 1.72. The van der Waals surface area contributed by atoms with E-state index in [2.05, 4.69) is 10.2 Å². The average Bonchev–Trinajstić information content (AvgIpc) is 3.06. The smallest absolute Gasteiger partial charge is 0.229 e. The van der Waals surface area contributed by atoms with Gasteiger partial charge in [-0.05, 0) is 25.3 Å². The van der Waals surface area contributed by atoms with Gasteiger partial charge in [0.1, 0.15) is 5.01 Å². The zero-order chi connectivity index (χ0) is 13.2. The predicted molar refractivity (Wildman–Crippen MR) is 75.2 cm³/mol. The van der Waals surface area contributed by atoms with Crippen LogP contribution in [0.2, 0.25) is 0 Å². The first-order valence-electron chi connectivity index (χ1n) is 7.11. The lowest BCUT2D eigenvalue weighted by Gasteiger charge is -2.18. The highest BCUT2D eigenvalue weighted by molar-refractivity contribution is 7.15. The van der Waals surface area contributed by atoms with Crippen LogP contribution in [0.4, 0.5) is 5.13 Å². The topological polar surface area (TPSA) is 72.1 Å². The van der Waals surface area contributed by atoms with Crippen LogP contribution in [0.25, 0.3) is 0 Å². The van der Waals surface area contributed by atoms with Crippen LogP contribution in [0.15, 0.2) is 0 Å². The third kappa shape index (κ3) is 2.65. The number of hydrogen-bond acceptors (Lipinski definition) is 5. The molecule has 1 aromatic rings. The Morgan fingerprint density at radius 1 is 1.26 bits per heavy atom. The SMILES string of the molecule is NCC1CC(=O)N(c2nnc(C3CCCCC3)s2)C1. The van der Waals surface area contributed by atoms with Crippen LogP contribution >= 0.6 is 11.3 Å². The van der Waals surface area contributed by atoms with Crippen molar-refractivity contribution in [3.63, 3.8) is 0 Å². The Morgan fingerprint density at radius 2 is 2.05 bits per heavy atom. The number of carbonyl (C=O) groups is 1. The Labute approximate surface area is 117 Å². The van der Waals surface area contributed by atoms with Gasteiger partial charge < -0.3 is 5.73 Å². The van der Waals surface area contributed by atoms with E-state index in [9.17, 15) is 4.79 Å². The Bertz CT molecular complexity index is 455. The Morgan fingerprint density at radius 3 is 2.74 bits per heavy atom. The third-order valence-electron chi connectivity index (χ3n) is 4.15. The van der Waals surface area contributed by atoms with E-state index < -0.39 is 0 Å². The molecule has 1 atom stereocenters. The molecule has 1 saturated carbocycles. The van der Waals surface area contributed by atoms with E-state index in [1.807, 2.05) is 0 Å². The van der Waals surface area contributed by atoms with Gasteiger partial charge in [0, 0.05) is 18.9 Å². The molecule has 2 fully saturated rings. The molecule has 1 aromatic heterocycles. The van der Waals surface area contributed by atoms with Crippen LogP contribution in [-0.2, 0) is 4.79 Å². The van der Waals surface area contributed by atoms with Crippen molar-refractivity contribution >= 4 is 22.4 Å². The number of rotatable bonds is 3. The molecule has 0 spiro atoms. The lowest BCUT2D eigenvalue weighted by atomic mass is 9.90. The van der Waals surface area contributed by atoms with Crippen molar-refractivity contribution in [3.05, 3.63) is 5.01 Å². The predicted octanol–water partition coefficient (Wildman–Crippen LogP) is 1.90. The van der Waals surface area contributed by atoms with Gasteiger partial charge in [-0.25, -0.2) is 0 Å². The fourth-order valence-corrected chi connectivity index (χ4v) is 4.01. The van der Waals surface area contributed by atoms with Gasteiger partial charge in [0.15, 0.2) is 0 Å². The van der Waals surface area contributed by atoms with Crippen LogP contribution in [0, 0.1) is 5.92 Å². The summed E-state index contributed by atoms with van der Waals surface area (Å²) < 4.78 is 0. The molecule has 104 valence electrons. The zero-order valence-corrected chi connectivity index (χ0v) is 11.9. The quantitative estimate of drug-likeness (QED) is 0.918. The normalized spacial score (nSPS) is 25.2. The molecule has 2 N–H and O–H groups in total. The lowest BCUT2D eigenvalue weighted by molar-refractivity contribution is -0.117. The first-order valence-corrected chi connectivity index (χ1v) is 7.93. The van der Waals surface area contributed by atoms with Crippen molar-refractivity contribution in [1.82, 2.24) is 10.2 Å². The first kappa shape index (κ1) is 13.0. The summed E-state index contributed by atoms with van der Waals surface area (Å²) in [6.45, 7) is 1.27. The number of nitrogens with zero attached hydrogens (tertiary/aromatic N) is 3. The number of amides is 1. The van der Waals surface area contributed by atoms with E-state index in [-0.39, 0.29) is 11.8 Å². The first-order chi connectivity index (χ1) is 9.28. The Kier molecular flexibility index (Phi) is 3.79. The second-order valence-electron chi connectivity index (χ2n) is 5.57. The second-order valence-corrected chi connectivity index (χ2v) is 6.56. The number of hydrogen-bond donors (Lipinski definition) is 1. The largest absolute Gasteiger partial charge is 0.330 e. The molecule has 0 bridgehead atoms.